The third-order valence-electron chi connectivity index (χ3n) is 11.3. The van der Waals surface area contributed by atoms with E-state index in [1.54, 1.807) is 0 Å². The van der Waals surface area contributed by atoms with Crippen molar-refractivity contribution in [2.24, 2.45) is 0 Å². The molecule has 0 atom stereocenters. The molecule has 11 rings (SSSR count). The van der Waals surface area contributed by atoms with E-state index in [1.807, 2.05) is 24.5 Å². The Kier molecular flexibility index (Phi) is 6.56. The Morgan fingerprint density at radius 1 is 0.453 bits per heavy atom. The van der Waals surface area contributed by atoms with Gasteiger partial charge in [-0.05, 0) is 70.5 Å². The minimum Gasteiger partial charge on any atom is -0.254 e. The molecular weight excluding hydrogens is 645 g/mol. The van der Waals surface area contributed by atoms with Crippen LogP contribution in [0.2, 0.25) is 0 Å². The summed E-state index contributed by atoms with van der Waals surface area (Å²) >= 11 is 0. The molecule has 4 heterocycles. The molecule has 0 aliphatic heterocycles. The minimum absolute atomic E-state index is 0.465. The smallest absolute Gasteiger partial charge is 0.0972 e. The molecule has 0 fully saturated rings. The highest BCUT2D eigenvalue weighted by molar-refractivity contribution is 6.04. The summed E-state index contributed by atoms with van der Waals surface area (Å²) in [6.45, 7) is 0. The van der Waals surface area contributed by atoms with Crippen molar-refractivity contribution in [2.75, 3.05) is 0 Å². The third kappa shape index (κ3) is 4.49. The average Bonchev–Trinajstić information content (AvgIpc) is 3.54. The fraction of sp³-hybridized carbons (Fsp3) is 0.0612. The van der Waals surface area contributed by atoms with E-state index >= 15 is 0 Å². The van der Waals surface area contributed by atoms with Crippen LogP contribution in [0.25, 0.3) is 71.7 Å². The minimum atomic E-state index is -0.465. The molecule has 0 bridgehead atoms. The standard InChI is InChI=1S/C49H32N4/c1-3-11-41-39(9-1)40-10-2-4-12-42(40)49(41,37-23-17-31(18-24-37)43-27-21-35-15-13-33-7-5-29-50-45(33)47(35)52-43)38-25-19-32(20-26-38)44-28-22-36-16-14-34-8-6-30-51-46(34)48(36)53-44/h1,3-9,11-30H,2,10H2. The molecule has 0 saturated heterocycles. The van der Waals surface area contributed by atoms with Crippen LogP contribution in [0.3, 0.4) is 0 Å². The molecule has 9 aromatic rings. The predicted molar refractivity (Wildman–Crippen MR) is 217 cm³/mol. The van der Waals surface area contributed by atoms with E-state index in [1.165, 1.54) is 33.4 Å². The second-order valence-electron chi connectivity index (χ2n) is 14.1. The van der Waals surface area contributed by atoms with Crippen molar-refractivity contribution in [3.63, 3.8) is 0 Å². The Labute approximate surface area is 306 Å². The van der Waals surface area contributed by atoms with E-state index in [-0.39, 0.29) is 0 Å². The summed E-state index contributed by atoms with van der Waals surface area (Å²) in [6, 6.07) is 52.4. The van der Waals surface area contributed by atoms with E-state index in [0.29, 0.717) is 0 Å². The number of hydrogen-bond acceptors (Lipinski definition) is 4. The van der Waals surface area contributed by atoms with Gasteiger partial charge in [-0.15, -0.1) is 0 Å². The van der Waals surface area contributed by atoms with Crippen LogP contribution >= 0.6 is 0 Å². The van der Waals surface area contributed by atoms with Crippen LogP contribution in [-0.2, 0) is 5.41 Å². The van der Waals surface area contributed by atoms with Gasteiger partial charge in [-0.3, -0.25) is 9.97 Å². The maximum atomic E-state index is 5.16. The molecule has 0 unspecified atom stereocenters. The lowest BCUT2D eigenvalue weighted by molar-refractivity contribution is 0.757. The van der Waals surface area contributed by atoms with Crippen LogP contribution in [0.5, 0.6) is 0 Å². The van der Waals surface area contributed by atoms with Gasteiger partial charge < -0.3 is 0 Å². The number of hydrogen-bond donors (Lipinski definition) is 0. The SMILES string of the molecule is C1=CC2=C(CC1)c1ccccc1C2(c1ccc(-c2ccc3ccc4cccnc4c3n2)cc1)c1ccc(-c2ccc3ccc4cccnc4c3n2)cc1. The van der Waals surface area contributed by atoms with Gasteiger partial charge in [0, 0.05) is 45.1 Å². The molecule has 0 spiro atoms. The molecular formula is C49H32N4. The lowest BCUT2D eigenvalue weighted by Gasteiger charge is -2.35. The molecule has 2 aliphatic rings. The summed E-state index contributed by atoms with van der Waals surface area (Å²) in [5.41, 5.74) is 15.3. The van der Waals surface area contributed by atoms with E-state index in [2.05, 4.69) is 156 Å². The van der Waals surface area contributed by atoms with Gasteiger partial charge in [-0.25, -0.2) is 9.97 Å². The molecule has 4 aromatic heterocycles. The van der Waals surface area contributed by atoms with Crippen LogP contribution < -0.4 is 0 Å². The van der Waals surface area contributed by atoms with Gasteiger partial charge in [-0.1, -0.05) is 133 Å². The molecule has 2 aliphatic carbocycles. The van der Waals surface area contributed by atoms with Crippen molar-refractivity contribution in [3.8, 4) is 22.5 Å². The number of nitrogens with zero attached hydrogens (tertiary/aromatic N) is 4. The predicted octanol–water partition coefficient (Wildman–Crippen LogP) is 11.7. The van der Waals surface area contributed by atoms with E-state index in [9.17, 15) is 0 Å². The van der Waals surface area contributed by atoms with Crippen LogP contribution in [0.15, 0.2) is 176 Å². The molecule has 0 radical (unpaired) electrons. The Morgan fingerprint density at radius 3 is 1.53 bits per heavy atom. The number of rotatable bonds is 4. The Balaban J connectivity index is 1.06. The maximum Gasteiger partial charge on any atom is 0.0972 e. The number of allylic oxidation sites excluding steroid dienone is 4. The number of aromatic nitrogens is 4. The summed E-state index contributed by atoms with van der Waals surface area (Å²) < 4.78 is 0. The number of pyridine rings is 4. The zero-order valence-electron chi connectivity index (χ0n) is 28.9. The summed E-state index contributed by atoms with van der Waals surface area (Å²) in [5.74, 6) is 0. The highest BCUT2D eigenvalue weighted by atomic mass is 14.8. The van der Waals surface area contributed by atoms with Crippen LogP contribution in [0.4, 0.5) is 0 Å². The molecule has 0 N–H and O–H groups in total. The van der Waals surface area contributed by atoms with Gasteiger partial charge in [0.1, 0.15) is 0 Å². The zero-order valence-corrected chi connectivity index (χ0v) is 28.9. The Hall–Kier alpha value is -6.78. The van der Waals surface area contributed by atoms with Crippen molar-refractivity contribution >= 4 is 49.2 Å². The quantitative estimate of drug-likeness (QED) is 0.174. The first-order valence-corrected chi connectivity index (χ1v) is 18.3. The van der Waals surface area contributed by atoms with Crippen LogP contribution in [0.1, 0.15) is 35.1 Å². The van der Waals surface area contributed by atoms with Gasteiger partial charge in [-0.2, -0.15) is 0 Å². The van der Waals surface area contributed by atoms with Gasteiger partial charge in [0.15, 0.2) is 0 Å². The third-order valence-corrected chi connectivity index (χ3v) is 11.3. The first kappa shape index (κ1) is 29.9. The van der Waals surface area contributed by atoms with E-state index in [0.717, 1.165) is 79.0 Å². The first-order valence-electron chi connectivity index (χ1n) is 18.3. The van der Waals surface area contributed by atoms with Gasteiger partial charge in [0.05, 0.1) is 38.9 Å². The van der Waals surface area contributed by atoms with Crippen molar-refractivity contribution in [1.82, 2.24) is 19.9 Å². The molecule has 4 nitrogen and oxygen atoms in total. The Morgan fingerprint density at radius 2 is 0.962 bits per heavy atom. The Bertz CT molecular complexity index is 2830. The largest absolute Gasteiger partial charge is 0.254 e. The lowest BCUT2D eigenvalue weighted by Crippen LogP contribution is -2.29. The van der Waals surface area contributed by atoms with Gasteiger partial charge in [0.25, 0.3) is 0 Å². The second kappa shape index (κ2) is 11.6. The molecule has 0 saturated carbocycles. The summed E-state index contributed by atoms with van der Waals surface area (Å²) in [5, 5.41) is 4.38. The average molecular weight is 677 g/mol. The second-order valence-corrected chi connectivity index (χ2v) is 14.1. The number of benzene rings is 5. The molecule has 4 heteroatoms. The van der Waals surface area contributed by atoms with E-state index in [4.69, 9.17) is 9.97 Å². The number of fused-ring (bicyclic) bond motifs is 8. The van der Waals surface area contributed by atoms with Crippen LogP contribution in [-0.4, -0.2) is 19.9 Å². The fourth-order valence-corrected chi connectivity index (χ4v) is 8.85. The summed E-state index contributed by atoms with van der Waals surface area (Å²) in [7, 11) is 0. The zero-order chi connectivity index (χ0) is 34.9. The van der Waals surface area contributed by atoms with Crippen molar-refractivity contribution in [2.45, 2.75) is 18.3 Å². The van der Waals surface area contributed by atoms with Gasteiger partial charge in [0.2, 0.25) is 0 Å². The topological polar surface area (TPSA) is 51.6 Å². The highest BCUT2D eigenvalue weighted by Crippen LogP contribution is 2.57. The van der Waals surface area contributed by atoms with Crippen molar-refractivity contribution in [1.29, 1.82) is 0 Å². The maximum absolute atomic E-state index is 5.16. The normalized spacial score (nSPS) is 14.6. The monoisotopic (exact) mass is 676 g/mol. The summed E-state index contributed by atoms with van der Waals surface area (Å²) in [6.07, 6.45) is 10.5. The molecule has 0 amide bonds. The van der Waals surface area contributed by atoms with E-state index < -0.39 is 5.41 Å². The van der Waals surface area contributed by atoms with Crippen molar-refractivity contribution < 1.29 is 0 Å². The highest BCUT2D eigenvalue weighted by Gasteiger charge is 2.47. The lowest BCUT2D eigenvalue weighted by atomic mass is 9.66. The molecule has 248 valence electrons. The van der Waals surface area contributed by atoms with Crippen LogP contribution in [0, 0.1) is 0 Å². The van der Waals surface area contributed by atoms with Crippen molar-refractivity contribution in [3.05, 3.63) is 198 Å². The summed E-state index contributed by atoms with van der Waals surface area (Å²) in [4.78, 5) is 19.7. The molecule has 53 heavy (non-hydrogen) atoms. The fourth-order valence-electron chi connectivity index (χ4n) is 8.85. The first-order chi connectivity index (χ1) is 26.3. The molecule has 5 aromatic carbocycles. The van der Waals surface area contributed by atoms with Gasteiger partial charge >= 0.3 is 0 Å².